The smallest absolute Gasteiger partial charge is 0.289 e. The van der Waals surface area contributed by atoms with Gasteiger partial charge in [-0.15, -0.1) is 0 Å². The number of hydrogen-bond donors (Lipinski definition) is 4. The summed E-state index contributed by atoms with van der Waals surface area (Å²) in [5.74, 6) is -0.141. The number of nitrogens with one attached hydrogen (secondary N) is 3. The molecule has 0 spiro atoms. The van der Waals surface area contributed by atoms with Crippen LogP contribution in [-0.4, -0.2) is 86.3 Å². The number of rotatable bonds is 11. The molecule has 9 nitrogen and oxygen atoms in total. The number of nitrogens with zero attached hydrogens (tertiary/aromatic N) is 1. The number of hydrogen-bond acceptors (Lipinski definition) is 7. The van der Waals surface area contributed by atoms with Crippen molar-refractivity contribution >= 4 is 23.9 Å². The molecule has 9 heteroatoms. The number of carbonyl (C=O) groups is 4. The third kappa shape index (κ3) is 18.0. The van der Waals surface area contributed by atoms with Crippen molar-refractivity contribution < 1.29 is 24.3 Å². The summed E-state index contributed by atoms with van der Waals surface area (Å²) in [4.78, 5) is 49.4. The molecule has 2 aliphatic carbocycles. The van der Waals surface area contributed by atoms with Crippen LogP contribution >= 0.6 is 0 Å². The molecular weight excluding hydrogens is 532 g/mol. The maximum absolute atomic E-state index is 12.5. The molecule has 0 aromatic carbocycles. The second-order valence-corrected chi connectivity index (χ2v) is 10.2. The molecule has 0 bridgehead atoms. The largest absolute Gasteiger partial charge is 0.400 e. The quantitative estimate of drug-likeness (QED) is 0.196. The topological polar surface area (TPSA) is 128 Å². The Hall–Kier alpha value is -1.84. The molecule has 0 aromatic rings. The second-order valence-electron chi connectivity index (χ2n) is 10.2. The normalized spacial score (nSPS) is 19.3. The highest BCUT2D eigenvalue weighted by atomic mass is 16.2. The molecule has 3 atom stereocenters. The summed E-state index contributed by atoms with van der Waals surface area (Å²) >= 11 is 0. The van der Waals surface area contributed by atoms with E-state index >= 15 is 0 Å². The van der Waals surface area contributed by atoms with Crippen LogP contribution in [0, 0.1) is 11.8 Å². The molecule has 250 valence electrons. The van der Waals surface area contributed by atoms with E-state index < -0.39 is 17.7 Å². The first-order valence-electron chi connectivity index (χ1n) is 16.8. The lowest BCUT2D eigenvalue weighted by molar-refractivity contribution is -0.140. The van der Waals surface area contributed by atoms with Crippen molar-refractivity contribution in [2.75, 3.05) is 34.3 Å². The highest BCUT2D eigenvalue weighted by Gasteiger charge is 2.35. The molecule has 3 unspecified atom stereocenters. The Morgan fingerprint density at radius 3 is 1.86 bits per heavy atom. The third-order valence-electron chi connectivity index (χ3n) is 7.65. The zero-order chi connectivity index (χ0) is 32.9. The maximum Gasteiger partial charge on any atom is 0.289 e. The van der Waals surface area contributed by atoms with Gasteiger partial charge in [0.05, 0.1) is 18.1 Å². The lowest BCUT2D eigenvalue weighted by Gasteiger charge is -2.30. The number of likely N-dealkylation sites (tertiary alicyclic amines) is 1. The predicted octanol–water partition coefficient (Wildman–Crippen LogP) is 4.89. The van der Waals surface area contributed by atoms with Gasteiger partial charge in [-0.05, 0) is 71.0 Å². The standard InChI is InChI=1S/C17H29N3O3.C9H17NO.3C2H6.CH4O/c1-3-9-18-17(23)15(21)13(11-12-6-4-7-12)19-16(22)14-8-5-10-20(14)2;1-10-9(7-11)8-5-3-2-4-6-8;4*1-2/h12-14H,3-11H2,1-2H3,(H,18,23)(H,19,22);7-10H,2-6H2,1H3;3*1-2H3;2H,1H3. The summed E-state index contributed by atoms with van der Waals surface area (Å²) in [5.41, 5.74) is 0. The van der Waals surface area contributed by atoms with Crippen molar-refractivity contribution in [3.63, 3.8) is 0 Å². The molecule has 1 heterocycles. The first kappa shape index (κ1) is 44.6. The van der Waals surface area contributed by atoms with Crippen LogP contribution in [0.3, 0.4) is 0 Å². The lowest BCUT2D eigenvalue weighted by Crippen LogP contribution is -2.52. The minimum absolute atomic E-state index is 0.107. The molecule has 1 aliphatic heterocycles. The molecule has 3 aliphatic rings. The van der Waals surface area contributed by atoms with Crippen LogP contribution in [0.15, 0.2) is 0 Å². The van der Waals surface area contributed by atoms with E-state index in [-0.39, 0.29) is 18.0 Å². The zero-order valence-electron chi connectivity index (χ0n) is 28.9. The van der Waals surface area contributed by atoms with Gasteiger partial charge in [-0.25, -0.2) is 0 Å². The predicted molar refractivity (Wildman–Crippen MR) is 176 cm³/mol. The molecule has 4 N–H and O–H groups in total. The summed E-state index contributed by atoms with van der Waals surface area (Å²) < 4.78 is 0. The lowest BCUT2D eigenvalue weighted by atomic mass is 9.80. The molecule has 3 rings (SSSR count). The van der Waals surface area contributed by atoms with Gasteiger partial charge in [-0.1, -0.05) is 87.0 Å². The van der Waals surface area contributed by atoms with Crippen molar-refractivity contribution in [2.45, 2.75) is 144 Å². The fourth-order valence-electron chi connectivity index (χ4n) is 5.19. The average molecular weight is 601 g/mol. The van der Waals surface area contributed by atoms with Crippen molar-refractivity contribution in [3.8, 4) is 0 Å². The minimum atomic E-state index is -0.682. The van der Waals surface area contributed by atoms with E-state index in [0.29, 0.717) is 24.8 Å². The van der Waals surface area contributed by atoms with Crippen LogP contribution in [0.4, 0.5) is 0 Å². The van der Waals surface area contributed by atoms with E-state index in [1.165, 1.54) is 38.5 Å². The Morgan fingerprint density at radius 2 is 1.45 bits per heavy atom. The fraction of sp³-hybridized carbons (Fsp3) is 0.879. The Bertz CT molecular complexity index is 667. The number of aldehydes is 1. The van der Waals surface area contributed by atoms with Gasteiger partial charge < -0.3 is 25.9 Å². The van der Waals surface area contributed by atoms with Gasteiger partial charge in [-0.3, -0.25) is 19.3 Å². The van der Waals surface area contributed by atoms with Gasteiger partial charge in [0, 0.05) is 13.7 Å². The minimum Gasteiger partial charge on any atom is -0.400 e. The molecule has 1 saturated heterocycles. The molecule has 3 fully saturated rings. The number of Topliss-reactive ketones (excluding diaryl/α,β-unsaturated/α-hetero) is 1. The van der Waals surface area contributed by atoms with Crippen LogP contribution in [0.5, 0.6) is 0 Å². The molecule has 2 amide bonds. The third-order valence-corrected chi connectivity index (χ3v) is 7.65. The van der Waals surface area contributed by atoms with Gasteiger partial charge in [0.1, 0.15) is 6.29 Å². The summed E-state index contributed by atoms with van der Waals surface area (Å²) in [6, 6.07) is -0.751. The average Bonchev–Trinajstić information content (AvgIpc) is 3.48. The molecule has 2 saturated carbocycles. The van der Waals surface area contributed by atoms with Crippen molar-refractivity contribution in [1.29, 1.82) is 0 Å². The number of likely N-dealkylation sites (N-methyl/N-ethyl adjacent to an activating group) is 2. The first-order chi connectivity index (χ1) is 20.4. The molecular formula is C33H68N4O5. The Balaban J connectivity index is -0.000000670. The van der Waals surface area contributed by atoms with Gasteiger partial charge in [0.15, 0.2) is 0 Å². The van der Waals surface area contributed by atoms with Crippen LogP contribution in [0.1, 0.15) is 126 Å². The van der Waals surface area contributed by atoms with Crippen LogP contribution in [0.25, 0.3) is 0 Å². The molecule has 0 aromatic heterocycles. The van der Waals surface area contributed by atoms with Crippen molar-refractivity contribution in [1.82, 2.24) is 20.9 Å². The molecule has 42 heavy (non-hydrogen) atoms. The highest BCUT2D eigenvalue weighted by molar-refractivity contribution is 6.38. The number of carbonyl (C=O) groups excluding carboxylic acids is 4. The van der Waals surface area contributed by atoms with Crippen LogP contribution in [0.2, 0.25) is 0 Å². The van der Waals surface area contributed by atoms with Crippen molar-refractivity contribution in [3.05, 3.63) is 0 Å². The van der Waals surface area contributed by atoms with Gasteiger partial charge in [-0.2, -0.15) is 0 Å². The summed E-state index contributed by atoms with van der Waals surface area (Å²) in [7, 11) is 4.79. The van der Waals surface area contributed by atoms with E-state index in [2.05, 4.69) is 16.0 Å². The summed E-state index contributed by atoms with van der Waals surface area (Å²) in [5, 5.41) is 15.5. The monoisotopic (exact) mass is 601 g/mol. The van der Waals surface area contributed by atoms with E-state index in [9.17, 15) is 19.2 Å². The SMILES string of the molecule is CC.CC.CC.CCCNC(=O)C(=O)C(CC1CCC1)NC(=O)C1CCCN1C.CNC(C=O)C1CCCCC1.CO. The second kappa shape index (κ2) is 30.6. The Kier molecular flexibility index (Phi) is 32.5. The van der Waals surface area contributed by atoms with E-state index in [4.69, 9.17) is 5.11 Å². The highest BCUT2D eigenvalue weighted by Crippen LogP contribution is 2.31. The number of aliphatic hydroxyl groups excluding tert-OH is 1. The van der Waals surface area contributed by atoms with E-state index in [0.717, 1.165) is 52.0 Å². The van der Waals surface area contributed by atoms with Crippen molar-refractivity contribution in [2.24, 2.45) is 11.8 Å². The van der Waals surface area contributed by atoms with Gasteiger partial charge in [0.2, 0.25) is 11.7 Å². The summed E-state index contributed by atoms with van der Waals surface area (Å²) in [6.45, 7) is 15.3. The van der Waals surface area contributed by atoms with Crippen LogP contribution < -0.4 is 16.0 Å². The van der Waals surface area contributed by atoms with E-state index in [1.54, 1.807) is 0 Å². The number of aliphatic hydroxyl groups is 1. The maximum atomic E-state index is 12.5. The van der Waals surface area contributed by atoms with Gasteiger partial charge in [0.25, 0.3) is 5.91 Å². The number of amides is 2. The number of ketones is 1. The Morgan fingerprint density at radius 1 is 0.881 bits per heavy atom. The zero-order valence-corrected chi connectivity index (χ0v) is 28.9. The van der Waals surface area contributed by atoms with Gasteiger partial charge >= 0.3 is 0 Å². The van der Waals surface area contributed by atoms with Crippen LogP contribution in [-0.2, 0) is 19.2 Å². The first-order valence-corrected chi connectivity index (χ1v) is 16.8. The molecule has 0 radical (unpaired) electrons. The fourth-order valence-corrected chi connectivity index (χ4v) is 5.19. The van der Waals surface area contributed by atoms with E-state index in [1.807, 2.05) is 67.5 Å². The summed E-state index contributed by atoms with van der Waals surface area (Å²) in [6.07, 6.45) is 14.0. The Labute approximate surface area is 258 Å².